The van der Waals surface area contributed by atoms with E-state index in [0.717, 1.165) is 5.33 Å². The van der Waals surface area contributed by atoms with E-state index in [1.807, 2.05) is 0 Å². The van der Waals surface area contributed by atoms with E-state index in [4.69, 9.17) is 5.73 Å². The predicted molar refractivity (Wildman–Crippen MR) is 60.8 cm³/mol. The molecule has 0 saturated heterocycles. The van der Waals surface area contributed by atoms with Gasteiger partial charge in [0.15, 0.2) is 0 Å². The lowest BCUT2D eigenvalue weighted by molar-refractivity contribution is 0.616. The normalized spacial score (nSPS) is 9.36. The molecule has 1 nitrogen and oxygen atoms in total. The van der Waals surface area contributed by atoms with Crippen molar-refractivity contribution in [2.45, 2.75) is 13.3 Å². The number of anilines is 1. The first-order chi connectivity index (χ1) is 6.66. The zero-order valence-electron chi connectivity index (χ0n) is 7.90. The van der Waals surface area contributed by atoms with Gasteiger partial charge in [0.2, 0.25) is 0 Å². The quantitative estimate of drug-likeness (QED) is 0.466. The Hall–Kier alpha value is -1.01. The molecule has 0 heterocycles. The molecule has 1 rings (SSSR count). The molecule has 0 atom stereocenters. The largest absolute Gasteiger partial charge is 0.398 e. The minimum atomic E-state index is -0.313. The summed E-state index contributed by atoms with van der Waals surface area (Å²) in [7, 11) is 0. The zero-order chi connectivity index (χ0) is 10.6. The van der Waals surface area contributed by atoms with Gasteiger partial charge in [-0.05, 0) is 19.1 Å². The molecule has 0 fully saturated rings. The van der Waals surface area contributed by atoms with Crippen molar-refractivity contribution < 1.29 is 4.39 Å². The van der Waals surface area contributed by atoms with Crippen LogP contribution in [-0.2, 0) is 0 Å². The monoisotopic (exact) mass is 255 g/mol. The number of hydrogen-bond donors (Lipinski definition) is 1. The van der Waals surface area contributed by atoms with E-state index in [1.165, 1.54) is 0 Å². The van der Waals surface area contributed by atoms with Gasteiger partial charge in [0.1, 0.15) is 5.82 Å². The van der Waals surface area contributed by atoms with E-state index < -0.39 is 0 Å². The summed E-state index contributed by atoms with van der Waals surface area (Å²) < 4.78 is 13.5. The number of benzene rings is 1. The first kappa shape index (κ1) is 11.1. The second kappa shape index (κ2) is 5.02. The zero-order valence-corrected chi connectivity index (χ0v) is 9.49. The van der Waals surface area contributed by atoms with Crippen LogP contribution in [0.15, 0.2) is 12.1 Å². The summed E-state index contributed by atoms with van der Waals surface area (Å²) in [5, 5.41) is 0.801. The fraction of sp³-hybridized carbons (Fsp3) is 0.273. The average Bonchev–Trinajstić information content (AvgIpc) is 2.18. The van der Waals surface area contributed by atoms with Crippen LogP contribution in [-0.4, -0.2) is 5.33 Å². The summed E-state index contributed by atoms with van der Waals surface area (Å²) in [6.45, 7) is 1.65. The molecular formula is C11H11BrFN. The van der Waals surface area contributed by atoms with Crippen LogP contribution in [0.3, 0.4) is 0 Å². The van der Waals surface area contributed by atoms with Gasteiger partial charge in [0.05, 0.1) is 5.56 Å². The van der Waals surface area contributed by atoms with E-state index in [-0.39, 0.29) is 5.82 Å². The molecule has 0 aliphatic heterocycles. The Morgan fingerprint density at radius 2 is 2.21 bits per heavy atom. The van der Waals surface area contributed by atoms with Crippen LogP contribution in [0.1, 0.15) is 17.5 Å². The highest BCUT2D eigenvalue weighted by molar-refractivity contribution is 9.09. The number of alkyl halides is 1. The third-order valence-corrected chi connectivity index (χ3v) is 2.27. The maximum atomic E-state index is 13.5. The Kier molecular flexibility index (Phi) is 3.97. The van der Waals surface area contributed by atoms with Gasteiger partial charge in [-0.1, -0.05) is 27.8 Å². The maximum Gasteiger partial charge on any atom is 0.143 e. The molecule has 1 aromatic rings. The van der Waals surface area contributed by atoms with Crippen molar-refractivity contribution in [1.29, 1.82) is 0 Å². The lowest BCUT2D eigenvalue weighted by atomic mass is 10.1. The number of halogens is 2. The van der Waals surface area contributed by atoms with E-state index >= 15 is 0 Å². The molecule has 0 radical (unpaired) electrons. The number of rotatable bonds is 1. The summed E-state index contributed by atoms with van der Waals surface area (Å²) in [6.07, 6.45) is 0.711. The Balaban J connectivity index is 3.02. The fourth-order valence-electron chi connectivity index (χ4n) is 1.00. The molecule has 0 unspecified atom stereocenters. The van der Waals surface area contributed by atoms with Gasteiger partial charge in [0.25, 0.3) is 0 Å². The highest BCUT2D eigenvalue weighted by atomic mass is 79.9. The maximum absolute atomic E-state index is 13.5. The van der Waals surface area contributed by atoms with Gasteiger partial charge < -0.3 is 5.73 Å². The standard InChI is InChI=1S/C11H11BrFN/c1-8-10(14)6-5-9(11(8)13)4-2-3-7-12/h5-6H,3,7,14H2,1H3. The van der Waals surface area contributed by atoms with Crippen LogP contribution < -0.4 is 5.73 Å². The average molecular weight is 256 g/mol. The Morgan fingerprint density at radius 1 is 1.50 bits per heavy atom. The molecule has 0 saturated carbocycles. The number of nitrogens with two attached hydrogens (primary N) is 1. The summed E-state index contributed by atoms with van der Waals surface area (Å²) in [5.41, 5.74) is 6.90. The lowest BCUT2D eigenvalue weighted by Gasteiger charge is -2.02. The third kappa shape index (κ3) is 2.49. The van der Waals surface area contributed by atoms with Gasteiger partial charge >= 0.3 is 0 Å². The topological polar surface area (TPSA) is 26.0 Å². The summed E-state index contributed by atoms with van der Waals surface area (Å²) in [5.74, 6) is 5.32. The van der Waals surface area contributed by atoms with E-state index in [1.54, 1.807) is 19.1 Å². The molecule has 0 aliphatic carbocycles. The van der Waals surface area contributed by atoms with Crippen LogP contribution in [0, 0.1) is 24.6 Å². The molecule has 3 heteroatoms. The van der Waals surface area contributed by atoms with E-state index in [0.29, 0.717) is 23.2 Å². The first-order valence-electron chi connectivity index (χ1n) is 4.26. The van der Waals surface area contributed by atoms with Crippen molar-refractivity contribution in [3.63, 3.8) is 0 Å². The molecule has 0 bridgehead atoms. The Labute approximate surface area is 91.6 Å². The van der Waals surface area contributed by atoms with Crippen molar-refractivity contribution in [3.8, 4) is 11.8 Å². The molecule has 0 spiro atoms. The van der Waals surface area contributed by atoms with E-state index in [2.05, 4.69) is 27.8 Å². The SMILES string of the molecule is Cc1c(N)ccc(C#CCCBr)c1F. The molecule has 14 heavy (non-hydrogen) atoms. The van der Waals surface area contributed by atoms with Crippen molar-refractivity contribution >= 4 is 21.6 Å². The lowest BCUT2D eigenvalue weighted by Crippen LogP contribution is -1.95. The van der Waals surface area contributed by atoms with Crippen LogP contribution in [0.4, 0.5) is 10.1 Å². The number of nitrogen functional groups attached to an aromatic ring is 1. The van der Waals surface area contributed by atoms with Gasteiger partial charge in [0, 0.05) is 23.0 Å². The van der Waals surface area contributed by atoms with Crippen molar-refractivity contribution in [2.24, 2.45) is 0 Å². The molecule has 2 N–H and O–H groups in total. The molecule has 0 aliphatic rings. The summed E-state index contributed by atoms with van der Waals surface area (Å²) >= 11 is 3.25. The molecule has 74 valence electrons. The smallest absolute Gasteiger partial charge is 0.143 e. The second-order valence-electron chi connectivity index (χ2n) is 2.88. The minimum Gasteiger partial charge on any atom is -0.398 e. The van der Waals surface area contributed by atoms with Crippen LogP contribution in [0.2, 0.25) is 0 Å². The highest BCUT2D eigenvalue weighted by Gasteiger charge is 2.05. The molecule has 0 aromatic heterocycles. The van der Waals surface area contributed by atoms with Gasteiger partial charge in [-0.25, -0.2) is 4.39 Å². The van der Waals surface area contributed by atoms with Crippen LogP contribution in [0.5, 0.6) is 0 Å². The van der Waals surface area contributed by atoms with Crippen LogP contribution in [0.25, 0.3) is 0 Å². The van der Waals surface area contributed by atoms with Crippen molar-refractivity contribution in [1.82, 2.24) is 0 Å². The van der Waals surface area contributed by atoms with Crippen LogP contribution >= 0.6 is 15.9 Å². The third-order valence-electron chi connectivity index (χ3n) is 1.87. The predicted octanol–water partition coefficient (Wildman–Crippen LogP) is 2.85. The van der Waals surface area contributed by atoms with Crippen molar-refractivity contribution in [2.75, 3.05) is 11.1 Å². The van der Waals surface area contributed by atoms with Crippen molar-refractivity contribution in [3.05, 3.63) is 29.1 Å². The number of hydrogen-bond acceptors (Lipinski definition) is 1. The molecule has 1 aromatic carbocycles. The molecule has 0 amide bonds. The van der Waals surface area contributed by atoms with E-state index in [9.17, 15) is 4.39 Å². The molecular weight excluding hydrogens is 245 g/mol. The van der Waals surface area contributed by atoms with Gasteiger partial charge in [-0.2, -0.15) is 0 Å². The summed E-state index contributed by atoms with van der Waals surface area (Å²) in [4.78, 5) is 0. The fourth-order valence-corrected chi connectivity index (χ4v) is 1.20. The summed E-state index contributed by atoms with van der Waals surface area (Å²) in [6, 6.07) is 3.29. The first-order valence-corrected chi connectivity index (χ1v) is 5.38. The highest BCUT2D eigenvalue weighted by Crippen LogP contribution is 2.17. The van der Waals surface area contributed by atoms with Gasteiger partial charge in [-0.3, -0.25) is 0 Å². The Bertz CT molecular complexity index is 390. The second-order valence-corrected chi connectivity index (χ2v) is 3.68. The Morgan fingerprint density at radius 3 is 2.86 bits per heavy atom. The van der Waals surface area contributed by atoms with Gasteiger partial charge in [-0.15, -0.1) is 0 Å². The minimum absolute atomic E-state index is 0.313.